The Morgan fingerprint density at radius 2 is 1.76 bits per heavy atom. The average Bonchev–Trinajstić information content (AvgIpc) is 3.18. The third-order valence-electron chi connectivity index (χ3n) is 5.34. The van der Waals surface area contributed by atoms with Gasteiger partial charge in [0.2, 0.25) is 0 Å². The summed E-state index contributed by atoms with van der Waals surface area (Å²) in [7, 11) is -2.33. The molecule has 8 nitrogen and oxygen atoms in total. The molecule has 0 bridgehead atoms. The lowest BCUT2D eigenvalue weighted by molar-refractivity contribution is 0.0750. The Labute approximate surface area is 201 Å². The van der Waals surface area contributed by atoms with E-state index >= 15 is 0 Å². The van der Waals surface area contributed by atoms with Crippen LogP contribution in [0.3, 0.4) is 0 Å². The Balaban J connectivity index is 1.44. The van der Waals surface area contributed by atoms with E-state index in [-0.39, 0.29) is 15.9 Å². The van der Waals surface area contributed by atoms with E-state index in [4.69, 9.17) is 16.3 Å². The van der Waals surface area contributed by atoms with Gasteiger partial charge in [-0.05, 0) is 43.3 Å². The number of rotatable bonds is 6. The first-order valence-electron chi connectivity index (χ1n) is 10.2. The van der Waals surface area contributed by atoms with Crippen molar-refractivity contribution >= 4 is 49.7 Å². The lowest BCUT2D eigenvalue weighted by atomic mass is 10.2. The second-order valence-electron chi connectivity index (χ2n) is 7.45. The third-order valence-corrected chi connectivity index (χ3v) is 8.21. The van der Waals surface area contributed by atoms with Gasteiger partial charge in [-0.3, -0.25) is 9.52 Å². The van der Waals surface area contributed by atoms with Crippen molar-refractivity contribution in [1.82, 2.24) is 9.88 Å². The largest absolute Gasteiger partial charge is 0.497 e. The van der Waals surface area contributed by atoms with Crippen LogP contribution in [0.1, 0.15) is 15.4 Å². The Kier molecular flexibility index (Phi) is 6.78. The number of aryl methyl sites for hydroxylation is 1. The van der Waals surface area contributed by atoms with Crippen molar-refractivity contribution in [3.8, 4) is 5.75 Å². The van der Waals surface area contributed by atoms with E-state index < -0.39 is 10.0 Å². The molecule has 174 valence electrons. The fraction of sp³-hybridized carbons (Fsp3) is 0.273. The second kappa shape index (κ2) is 9.58. The minimum atomic E-state index is -3.84. The predicted molar refractivity (Wildman–Crippen MR) is 130 cm³/mol. The van der Waals surface area contributed by atoms with Crippen LogP contribution in [0.25, 0.3) is 0 Å². The molecule has 0 aliphatic carbocycles. The molecule has 1 saturated heterocycles. The van der Waals surface area contributed by atoms with Crippen LogP contribution in [0.2, 0.25) is 5.02 Å². The van der Waals surface area contributed by atoms with Gasteiger partial charge in [-0.2, -0.15) is 0 Å². The van der Waals surface area contributed by atoms with Gasteiger partial charge in [0.05, 0.1) is 28.4 Å². The summed E-state index contributed by atoms with van der Waals surface area (Å²) in [5, 5.41) is 0.839. The summed E-state index contributed by atoms with van der Waals surface area (Å²) >= 11 is 7.34. The molecule has 11 heteroatoms. The van der Waals surface area contributed by atoms with Crippen LogP contribution in [0.4, 0.5) is 10.8 Å². The van der Waals surface area contributed by atoms with E-state index in [0.29, 0.717) is 47.5 Å². The van der Waals surface area contributed by atoms with Crippen molar-refractivity contribution in [2.45, 2.75) is 11.8 Å². The molecular weight excluding hydrogens is 484 g/mol. The van der Waals surface area contributed by atoms with Gasteiger partial charge >= 0.3 is 0 Å². The highest BCUT2D eigenvalue weighted by atomic mass is 35.5. The van der Waals surface area contributed by atoms with Crippen LogP contribution in [0, 0.1) is 6.92 Å². The van der Waals surface area contributed by atoms with Gasteiger partial charge in [0.1, 0.15) is 10.6 Å². The number of methoxy groups -OCH3 is 1. The van der Waals surface area contributed by atoms with E-state index in [9.17, 15) is 13.2 Å². The number of hydrogen-bond acceptors (Lipinski definition) is 7. The summed E-state index contributed by atoms with van der Waals surface area (Å²) in [6, 6.07) is 13.7. The fourth-order valence-corrected chi connectivity index (χ4v) is 5.99. The van der Waals surface area contributed by atoms with E-state index in [2.05, 4.69) is 14.6 Å². The first-order chi connectivity index (χ1) is 15.8. The number of aromatic nitrogens is 1. The number of halogens is 1. The maximum atomic E-state index is 13.1. The minimum absolute atomic E-state index is 0.0831. The van der Waals surface area contributed by atoms with Gasteiger partial charge < -0.3 is 14.5 Å². The SMILES string of the molecule is COc1ccc(S(=O)(=O)Nc2nc(C)c(C(=O)N3CCN(c4ccccc4Cl)CC3)s2)cc1. The number of anilines is 2. The first kappa shape index (κ1) is 23.3. The smallest absolute Gasteiger partial charge is 0.266 e. The molecule has 0 saturated carbocycles. The molecule has 1 aliphatic rings. The van der Waals surface area contributed by atoms with Gasteiger partial charge in [-0.1, -0.05) is 35.1 Å². The van der Waals surface area contributed by atoms with Crippen LogP contribution in [0.5, 0.6) is 5.75 Å². The highest BCUT2D eigenvalue weighted by Gasteiger charge is 2.27. The molecule has 2 heterocycles. The first-order valence-corrected chi connectivity index (χ1v) is 12.9. The molecule has 0 radical (unpaired) electrons. The van der Waals surface area contributed by atoms with Crippen molar-refractivity contribution in [3.63, 3.8) is 0 Å². The molecule has 0 spiro atoms. The summed E-state index contributed by atoms with van der Waals surface area (Å²) in [4.78, 5) is 21.8. The molecule has 1 fully saturated rings. The van der Waals surface area contributed by atoms with Crippen LogP contribution < -0.4 is 14.4 Å². The molecule has 1 aromatic heterocycles. The number of para-hydroxylation sites is 1. The Hall–Kier alpha value is -2.82. The Morgan fingerprint density at radius 3 is 2.39 bits per heavy atom. The minimum Gasteiger partial charge on any atom is -0.497 e. The molecule has 0 unspecified atom stereocenters. The second-order valence-corrected chi connectivity index (χ2v) is 10.5. The maximum Gasteiger partial charge on any atom is 0.266 e. The quantitative estimate of drug-likeness (QED) is 0.545. The lowest BCUT2D eigenvalue weighted by Crippen LogP contribution is -2.48. The number of amides is 1. The van der Waals surface area contributed by atoms with E-state index in [1.165, 1.54) is 19.2 Å². The number of carbonyl (C=O) groups excluding carboxylic acids is 1. The molecule has 3 aromatic rings. The average molecular weight is 507 g/mol. The third kappa shape index (κ3) is 5.07. The number of benzene rings is 2. The molecule has 0 atom stereocenters. The van der Waals surface area contributed by atoms with Crippen molar-refractivity contribution in [2.24, 2.45) is 0 Å². The zero-order chi connectivity index (χ0) is 23.6. The molecule has 1 aliphatic heterocycles. The molecular formula is C22H23ClN4O4S2. The molecule has 1 N–H and O–H groups in total. The van der Waals surface area contributed by atoms with Crippen molar-refractivity contribution in [3.05, 3.63) is 64.1 Å². The summed E-state index contributed by atoms with van der Waals surface area (Å²) in [5.41, 5.74) is 1.45. The summed E-state index contributed by atoms with van der Waals surface area (Å²) in [6.45, 7) is 4.09. The molecule has 33 heavy (non-hydrogen) atoms. The van der Waals surface area contributed by atoms with Crippen LogP contribution in [-0.2, 0) is 10.0 Å². The topological polar surface area (TPSA) is 91.8 Å². The number of piperazine rings is 1. The molecule has 4 rings (SSSR count). The highest BCUT2D eigenvalue weighted by Crippen LogP contribution is 2.29. The monoisotopic (exact) mass is 506 g/mol. The van der Waals surface area contributed by atoms with Gasteiger partial charge in [-0.25, -0.2) is 13.4 Å². The van der Waals surface area contributed by atoms with E-state index in [1.54, 1.807) is 24.0 Å². The van der Waals surface area contributed by atoms with Crippen LogP contribution in [-0.4, -0.2) is 57.5 Å². The number of ether oxygens (including phenoxy) is 1. The van der Waals surface area contributed by atoms with E-state index in [1.807, 2.05) is 24.3 Å². The maximum absolute atomic E-state index is 13.1. The van der Waals surface area contributed by atoms with Crippen molar-refractivity contribution in [2.75, 3.05) is 42.9 Å². The highest BCUT2D eigenvalue weighted by molar-refractivity contribution is 7.93. The molecule has 1 amide bonds. The number of thiazole rings is 1. The fourth-order valence-electron chi connectivity index (χ4n) is 3.57. The summed E-state index contributed by atoms with van der Waals surface area (Å²) in [6.07, 6.45) is 0. The Morgan fingerprint density at radius 1 is 1.09 bits per heavy atom. The standard InChI is InChI=1S/C22H23ClN4O4S2/c1-15-20(21(28)27-13-11-26(12-14-27)19-6-4-3-5-18(19)23)32-22(24-15)25-33(29,30)17-9-7-16(31-2)8-10-17/h3-10H,11-14H2,1-2H3,(H,24,25). The number of carbonyl (C=O) groups is 1. The predicted octanol–water partition coefficient (Wildman–Crippen LogP) is 3.88. The summed E-state index contributed by atoms with van der Waals surface area (Å²) < 4.78 is 32.9. The molecule has 2 aromatic carbocycles. The lowest BCUT2D eigenvalue weighted by Gasteiger charge is -2.36. The number of sulfonamides is 1. The number of nitrogens with one attached hydrogen (secondary N) is 1. The normalized spacial score (nSPS) is 14.3. The van der Waals surface area contributed by atoms with Gasteiger partial charge in [0, 0.05) is 26.2 Å². The van der Waals surface area contributed by atoms with Gasteiger partial charge in [0.15, 0.2) is 5.13 Å². The Bertz CT molecular complexity index is 1250. The summed E-state index contributed by atoms with van der Waals surface area (Å²) in [5.74, 6) is 0.403. The van der Waals surface area contributed by atoms with Crippen LogP contribution in [0.15, 0.2) is 53.4 Å². The van der Waals surface area contributed by atoms with Crippen molar-refractivity contribution in [1.29, 1.82) is 0 Å². The van der Waals surface area contributed by atoms with Gasteiger partial charge in [-0.15, -0.1) is 0 Å². The van der Waals surface area contributed by atoms with Crippen LogP contribution >= 0.6 is 22.9 Å². The zero-order valence-electron chi connectivity index (χ0n) is 18.1. The number of nitrogens with zero attached hydrogens (tertiary/aromatic N) is 3. The number of hydrogen-bond donors (Lipinski definition) is 1. The van der Waals surface area contributed by atoms with Crippen molar-refractivity contribution < 1.29 is 17.9 Å². The van der Waals surface area contributed by atoms with Gasteiger partial charge in [0.25, 0.3) is 15.9 Å². The zero-order valence-corrected chi connectivity index (χ0v) is 20.5. The van der Waals surface area contributed by atoms with E-state index in [0.717, 1.165) is 17.0 Å².